The van der Waals surface area contributed by atoms with Gasteiger partial charge in [-0.05, 0) is 24.6 Å². The highest BCUT2D eigenvalue weighted by Crippen LogP contribution is 2.29. The van der Waals surface area contributed by atoms with Crippen LogP contribution in [-0.4, -0.2) is 14.8 Å². The van der Waals surface area contributed by atoms with Crippen molar-refractivity contribution in [2.45, 2.75) is 26.2 Å². The Labute approximate surface area is 141 Å². The molecule has 2 N–H and O–H groups in total. The van der Waals surface area contributed by atoms with Crippen LogP contribution in [-0.2, 0) is 26.3 Å². The summed E-state index contributed by atoms with van der Waals surface area (Å²) in [6.07, 6.45) is -4.37. The van der Waals surface area contributed by atoms with Gasteiger partial charge in [0.05, 0.1) is 11.3 Å². The number of pyridine rings is 1. The Morgan fingerprint density at radius 2 is 2.00 bits per heavy atom. The van der Waals surface area contributed by atoms with E-state index < -0.39 is 11.7 Å². The summed E-state index contributed by atoms with van der Waals surface area (Å²) in [5.74, 6) is 0. The number of benzene rings is 1. The van der Waals surface area contributed by atoms with Gasteiger partial charge in [-0.1, -0.05) is 18.2 Å². The predicted molar refractivity (Wildman–Crippen MR) is 88.1 cm³/mol. The average Bonchev–Trinajstić information content (AvgIpc) is 2.81. The molecular formula is C17H17F3N4O. The molecule has 0 amide bonds. The second kappa shape index (κ2) is 6.36. The largest absolute Gasteiger partial charge is 0.416 e. The SMILES string of the molecule is Cc1nn(C)c2[nH]c(=O)c(CNCc3cccc(C(F)(F)F)c3)cc12. The van der Waals surface area contributed by atoms with Crippen molar-refractivity contribution in [1.82, 2.24) is 20.1 Å². The normalized spacial score (nSPS) is 12.0. The molecule has 0 saturated carbocycles. The van der Waals surface area contributed by atoms with Crippen LogP contribution in [0.25, 0.3) is 11.0 Å². The summed E-state index contributed by atoms with van der Waals surface area (Å²) in [5, 5.41) is 8.11. The number of fused-ring (bicyclic) bond motifs is 1. The second-order valence-electron chi connectivity index (χ2n) is 5.90. The van der Waals surface area contributed by atoms with E-state index in [1.54, 1.807) is 23.9 Å². The molecule has 0 saturated heterocycles. The highest BCUT2D eigenvalue weighted by molar-refractivity contribution is 5.78. The Morgan fingerprint density at radius 3 is 2.72 bits per heavy atom. The summed E-state index contributed by atoms with van der Waals surface area (Å²) < 4.78 is 39.8. The van der Waals surface area contributed by atoms with Gasteiger partial charge in [0.2, 0.25) is 0 Å². The number of nitrogens with one attached hydrogen (secondary N) is 2. The maximum atomic E-state index is 12.7. The number of aryl methyl sites for hydroxylation is 2. The Morgan fingerprint density at radius 1 is 1.24 bits per heavy atom. The summed E-state index contributed by atoms with van der Waals surface area (Å²) in [6, 6.07) is 6.88. The van der Waals surface area contributed by atoms with Gasteiger partial charge in [-0.2, -0.15) is 18.3 Å². The lowest BCUT2D eigenvalue weighted by atomic mass is 10.1. The first kappa shape index (κ1) is 17.2. The first-order valence-corrected chi connectivity index (χ1v) is 7.68. The van der Waals surface area contributed by atoms with Gasteiger partial charge in [-0.25, -0.2) is 0 Å². The molecule has 3 rings (SSSR count). The molecule has 0 spiro atoms. The van der Waals surface area contributed by atoms with Crippen LogP contribution in [0.15, 0.2) is 35.1 Å². The molecule has 0 aliphatic heterocycles. The third kappa shape index (κ3) is 3.58. The van der Waals surface area contributed by atoms with E-state index in [-0.39, 0.29) is 18.6 Å². The molecule has 0 fully saturated rings. The Hall–Kier alpha value is -2.61. The van der Waals surface area contributed by atoms with Crippen molar-refractivity contribution in [3.63, 3.8) is 0 Å². The zero-order valence-electron chi connectivity index (χ0n) is 13.7. The third-order valence-corrected chi connectivity index (χ3v) is 4.01. The van der Waals surface area contributed by atoms with E-state index in [0.717, 1.165) is 23.2 Å². The van der Waals surface area contributed by atoms with E-state index in [9.17, 15) is 18.0 Å². The van der Waals surface area contributed by atoms with Crippen molar-refractivity contribution < 1.29 is 13.2 Å². The van der Waals surface area contributed by atoms with E-state index in [2.05, 4.69) is 15.4 Å². The van der Waals surface area contributed by atoms with Gasteiger partial charge in [-0.15, -0.1) is 0 Å². The molecule has 0 atom stereocenters. The van der Waals surface area contributed by atoms with E-state index in [1.165, 1.54) is 6.07 Å². The lowest BCUT2D eigenvalue weighted by Gasteiger charge is -2.09. The van der Waals surface area contributed by atoms with Crippen molar-refractivity contribution in [2.75, 3.05) is 0 Å². The molecule has 25 heavy (non-hydrogen) atoms. The maximum absolute atomic E-state index is 12.7. The summed E-state index contributed by atoms with van der Waals surface area (Å²) >= 11 is 0. The molecule has 0 aliphatic carbocycles. The molecular weight excluding hydrogens is 333 g/mol. The van der Waals surface area contributed by atoms with Gasteiger partial charge in [-0.3, -0.25) is 9.48 Å². The van der Waals surface area contributed by atoms with Gasteiger partial charge in [0, 0.05) is 31.1 Å². The van der Waals surface area contributed by atoms with Crippen molar-refractivity contribution in [3.05, 3.63) is 63.1 Å². The quantitative estimate of drug-likeness (QED) is 0.761. The smallest absolute Gasteiger partial charge is 0.308 e. The number of hydrogen-bond donors (Lipinski definition) is 2. The Bertz CT molecular complexity index is 972. The maximum Gasteiger partial charge on any atom is 0.416 e. The average molecular weight is 350 g/mol. The summed E-state index contributed by atoms with van der Waals surface area (Å²) in [6.45, 7) is 2.32. The van der Waals surface area contributed by atoms with Gasteiger partial charge >= 0.3 is 6.18 Å². The number of halogens is 3. The highest BCUT2D eigenvalue weighted by atomic mass is 19.4. The van der Waals surface area contributed by atoms with Crippen molar-refractivity contribution in [3.8, 4) is 0 Å². The minimum atomic E-state index is -4.37. The highest BCUT2D eigenvalue weighted by Gasteiger charge is 2.30. The van der Waals surface area contributed by atoms with Crippen LogP contribution in [0.1, 0.15) is 22.4 Å². The van der Waals surface area contributed by atoms with E-state index in [1.807, 2.05) is 6.92 Å². The molecule has 0 radical (unpaired) electrons. The fourth-order valence-electron chi connectivity index (χ4n) is 2.75. The lowest BCUT2D eigenvalue weighted by molar-refractivity contribution is -0.137. The van der Waals surface area contributed by atoms with E-state index in [4.69, 9.17) is 0 Å². The van der Waals surface area contributed by atoms with Crippen LogP contribution in [0.4, 0.5) is 13.2 Å². The van der Waals surface area contributed by atoms with Crippen molar-refractivity contribution >= 4 is 11.0 Å². The molecule has 2 aromatic heterocycles. The zero-order valence-corrected chi connectivity index (χ0v) is 13.7. The molecule has 8 heteroatoms. The molecule has 1 aromatic carbocycles. The third-order valence-electron chi connectivity index (χ3n) is 4.01. The topological polar surface area (TPSA) is 62.7 Å². The number of H-pyrrole nitrogens is 1. The number of alkyl halides is 3. The van der Waals surface area contributed by atoms with Crippen LogP contribution in [0.2, 0.25) is 0 Å². The molecule has 3 aromatic rings. The number of hydrogen-bond acceptors (Lipinski definition) is 3. The molecule has 0 aliphatic rings. The minimum Gasteiger partial charge on any atom is -0.308 e. The summed E-state index contributed by atoms with van der Waals surface area (Å²) in [4.78, 5) is 14.9. The van der Waals surface area contributed by atoms with Crippen LogP contribution >= 0.6 is 0 Å². The van der Waals surface area contributed by atoms with Gasteiger partial charge in [0.1, 0.15) is 5.65 Å². The molecule has 0 bridgehead atoms. The van der Waals surface area contributed by atoms with Crippen LogP contribution in [0.5, 0.6) is 0 Å². The van der Waals surface area contributed by atoms with E-state index in [0.29, 0.717) is 16.8 Å². The molecule has 5 nitrogen and oxygen atoms in total. The Kier molecular flexibility index (Phi) is 4.38. The van der Waals surface area contributed by atoms with Crippen LogP contribution < -0.4 is 10.9 Å². The standard InChI is InChI=1S/C17H17F3N4O/c1-10-14-7-12(16(25)22-15(14)24(2)23-10)9-21-8-11-4-3-5-13(6-11)17(18,19)20/h3-7,21H,8-9H2,1-2H3,(H,22,25). The zero-order chi connectivity index (χ0) is 18.2. The lowest BCUT2D eigenvalue weighted by Crippen LogP contribution is -2.21. The van der Waals surface area contributed by atoms with Gasteiger partial charge in [0.25, 0.3) is 5.56 Å². The molecule has 0 unspecified atom stereocenters. The fraction of sp³-hybridized carbons (Fsp3) is 0.294. The van der Waals surface area contributed by atoms with Crippen LogP contribution in [0.3, 0.4) is 0 Å². The first-order chi connectivity index (χ1) is 11.8. The molecule has 132 valence electrons. The van der Waals surface area contributed by atoms with Crippen molar-refractivity contribution in [2.24, 2.45) is 7.05 Å². The predicted octanol–water partition coefficient (Wildman–Crippen LogP) is 2.88. The van der Waals surface area contributed by atoms with Gasteiger partial charge < -0.3 is 10.3 Å². The van der Waals surface area contributed by atoms with E-state index >= 15 is 0 Å². The van der Waals surface area contributed by atoms with Gasteiger partial charge in [0.15, 0.2) is 0 Å². The summed E-state index contributed by atoms with van der Waals surface area (Å²) in [7, 11) is 1.75. The number of aromatic nitrogens is 3. The minimum absolute atomic E-state index is 0.230. The monoisotopic (exact) mass is 350 g/mol. The molecule has 2 heterocycles. The number of rotatable bonds is 4. The Balaban J connectivity index is 1.74. The van der Waals surface area contributed by atoms with Crippen LogP contribution in [0, 0.1) is 6.92 Å². The fourth-order valence-corrected chi connectivity index (χ4v) is 2.75. The summed E-state index contributed by atoms with van der Waals surface area (Å²) in [5.41, 5.74) is 1.53. The van der Waals surface area contributed by atoms with Crippen molar-refractivity contribution in [1.29, 1.82) is 0 Å². The second-order valence-corrected chi connectivity index (χ2v) is 5.90. The first-order valence-electron chi connectivity index (χ1n) is 7.68. The number of aromatic amines is 1. The number of nitrogens with zero attached hydrogens (tertiary/aromatic N) is 2.